The zero-order valence-electron chi connectivity index (χ0n) is 19.2. The minimum absolute atomic E-state index is 0.0349. The minimum Gasteiger partial charge on any atom is -0.480 e. The van der Waals surface area contributed by atoms with Crippen LogP contribution in [0.1, 0.15) is 48.5 Å². The molecule has 0 spiro atoms. The van der Waals surface area contributed by atoms with Gasteiger partial charge in [-0.25, -0.2) is 9.78 Å². The van der Waals surface area contributed by atoms with Crippen molar-refractivity contribution in [2.24, 2.45) is 11.8 Å². The number of aromatic nitrogens is 1. The number of rotatable bonds is 7. The zero-order chi connectivity index (χ0) is 25.8. The number of ether oxygens (including phenoxy) is 2. The second-order valence-electron chi connectivity index (χ2n) is 8.40. The number of pyridine rings is 1. The van der Waals surface area contributed by atoms with Gasteiger partial charge in [0.1, 0.15) is 17.9 Å². The van der Waals surface area contributed by atoms with Gasteiger partial charge in [0.15, 0.2) is 0 Å². The van der Waals surface area contributed by atoms with E-state index in [2.05, 4.69) is 11.9 Å². The molecule has 1 saturated carbocycles. The molecule has 0 aliphatic heterocycles. The highest BCUT2D eigenvalue weighted by Crippen LogP contribution is 2.38. The Bertz CT molecular complexity index is 1100. The maximum atomic E-state index is 13.3. The fourth-order valence-electron chi connectivity index (χ4n) is 4.03. The molecule has 0 saturated heterocycles. The SMILES string of the molecule is COC(=O)c1cc(Oc2ncccc2C(F)(F)F)ccc1N(CC(=O)O)C(=O)C1CCC(C)CC1. The van der Waals surface area contributed by atoms with E-state index in [9.17, 15) is 32.7 Å². The molecule has 0 radical (unpaired) electrons. The third-order valence-electron chi connectivity index (χ3n) is 5.88. The van der Waals surface area contributed by atoms with Gasteiger partial charge in [-0.05, 0) is 61.9 Å². The fourth-order valence-corrected chi connectivity index (χ4v) is 4.03. The normalized spacial score (nSPS) is 18.0. The molecule has 11 heteroatoms. The molecule has 0 unspecified atom stereocenters. The summed E-state index contributed by atoms with van der Waals surface area (Å²) in [6, 6.07) is 5.50. The summed E-state index contributed by atoms with van der Waals surface area (Å²) in [6.07, 6.45) is -0.788. The first-order valence-electron chi connectivity index (χ1n) is 11.0. The van der Waals surface area contributed by atoms with E-state index in [1.54, 1.807) is 0 Å². The molecule has 1 heterocycles. The Morgan fingerprint density at radius 1 is 1.14 bits per heavy atom. The lowest BCUT2D eigenvalue weighted by Gasteiger charge is -2.31. The average molecular weight is 494 g/mol. The number of halogens is 3. The molecule has 0 bridgehead atoms. The molecule has 2 aromatic rings. The average Bonchev–Trinajstić information content (AvgIpc) is 2.82. The number of methoxy groups -OCH3 is 1. The lowest BCUT2D eigenvalue weighted by atomic mass is 9.82. The zero-order valence-corrected chi connectivity index (χ0v) is 19.2. The van der Waals surface area contributed by atoms with Crippen LogP contribution in [-0.4, -0.2) is 41.6 Å². The van der Waals surface area contributed by atoms with Crippen molar-refractivity contribution in [3.63, 3.8) is 0 Å². The van der Waals surface area contributed by atoms with Crippen molar-refractivity contribution >= 4 is 23.5 Å². The lowest BCUT2D eigenvalue weighted by molar-refractivity contribution is -0.139. The molecule has 3 rings (SSSR count). The molecule has 1 aliphatic carbocycles. The van der Waals surface area contributed by atoms with E-state index < -0.39 is 47.9 Å². The first-order chi connectivity index (χ1) is 16.5. The number of anilines is 1. The van der Waals surface area contributed by atoms with Gasteiger partial charge in [0.2, 0.25) is 11.8 Å². The van der Waals surface area contributed by atoms with Crippen molar-refractivity contribution in [2.45, 2.75) is 38.8 Å². The Labute approximate surface area is 199 Å². The van der Waals surface area contributed by atoms with Gasteiger partial charge < -0.3 is 19.5 Å². The Balaban J connectivity index is 2.00. The summed E-state index contributed by atoms with van der Waals surface area (Å²) < 4.78 is 50.0. The van der Waals surface area contributed by atoms with Gasteiger partial charge >= 0.3 is 18.1 Å². The topological polar surface area (TPSA) is 106 Å². The number of nitrogens with zero attached hydrogens (tertiary/aromatic N) is 2. The molecular formula is C24H25F3N2O6. The van der Waals surface area contributed by atoms with E-state index in [4.69, 9.17) is 9.47 Å². The molecule has 1 aliphatic rings. The Morgan fingerprint density at radius 2 is 1.83 bits per heavy atom. The first kappa shape index (κ1) is 26.0. The molecule has 1 aromatic carbocycles. The van der Waals surface area contributed by atoms with Crippen LogP contribution in [0.2, 0.25) is 0 Å². The molecule has 8 nitrogen and oxygen atoms in total. The number of carbonyl (C=O) groups is 3. The van der Waals surface area contributed by atoms with Crippen LogP contribution in [-0.2, 0) is 20.5 Å². The smallest absolute Gasteiger partial charge is 0.421 e. The van der Waals surface area contributed by atoms with Crippen molar-refractivity contribution < 1.29 is 42.1 Å². The Hall–Kier alpha value is -3.63. The number of hydrogen-bond donors (Lipinski definition) is 1. The quantitative estimate of drug-likeness (QED) is 0.545. The van der Waals surface area contributed by atoms with Gasteiger partial charge in [-0.2, -0.15) is 13.2 Å². The minimum atomic E-state index is -4.73. The molecule has 1 aromatic heterocycles. The summed E-state index contributed by atoms with van der Waals surface area (Å²) in [4.78, 5) is 42.0. The predicted molar refractivity (Wildman–Crippen MR) is 118 cm³/mol. The highest BCUT2D eigenvalue weighted by atomic mass is 19.4. The summed E-state index contributed by atoms with van der Waals surface area (Å²) >= 11 is 0. The second kappa shape index (κ2) is 10.7. The van der Waals surface area contributed by atoms with Gasteiger partial charge in [-0.1, -0.05) is 6.92 Å². The van der Waals surface area contributed by atoms with Crippen LogP contribution in [0, 0.1) is 11.8 Å². The van der Waals surface area contributed by atoms with Crippen LogP contribution < -0.4 is 9.64 Å². The summed E-state index contributed by atoms with van der Waals surface area (Å²) in [5, 5.41) is 9.43. The molecule has 0 atom stereocenters. The van der Waals surface area contributed by atoms with Crippen molar-refractivity contribution in [1.29, 1.82) is 0 Å². The standard InChI is InChI=1S/C24H25F3N2O6/c1-14-5-7-15(8-6-14)22(32)29(13-20(30)31)19-10-9-16(12-17(19)23(33)34-2)35-21-18(24(25,26)27)4-3-11-28-21/h3-4,9-12,14-15H,5-8,13H2,1-2H3,(H,30,31). The van der Waals surface area contributed by atoms with Gasteiger partial charge in [-0.15, -0.1) is 0 Å². The van der Waals surface area contributed by atoms with Crippen molar-refractivity contribution in [1.82, 2.24) is 4.98 Å². The number of amides is 1. The van der Waals surface area contributed by atoms with Crippen LogP contribution >= 0.6 is 0 Å². The van der Waals surface area contributed by atoms with Crippen molar-refractivity contribution in [3.8, 4) is 11.6 Å². The number of aliphatic carboxylic acids is 1. The number of hydrogen-bond acceptors (Lipinski definition) is 6. The van der Waals surface area contributed by atoms with Crippen LogP contribution in [0.4, 0.5) is 18.9 Å². The number of carboxylic acid groups (broad SMARTS) is 1. The number of alkyl halides is 3. The van der Waals surface area contributed by atoms with E-state index in [1.807, 2.05) is 0 Å². The maximum absolute atomic E-state index is 13.3. The molecule has 1 amide bonds. The van der Waals surface area contributed by atoms with E-state index in [0.29, 0.717) is 18.8 Å². The first-order valence-corrected chi connectivity index (χ1v) is 11.0. The molecule has 1 N–H and O–H groups in total. The molecule has 188 valence electrons. The van der Waals surface area contributed by atoms with E-state index in [-0.39, 0.29) is 17.0 Å². The van der Waals surface area contributed by atoms with E-state index in [0.717, 1.165) is 49.2 Å². The summed E-state index contributed by atoms with van der Waals surface area (Å²) in [6.45, 7) is 1.38. The third kappa shape index (κ3) is 6.28. The van der Waals surface area contributed by atoms with Gasteiger partial charge in [-0.3, -0.25) is 9.59 Å². The third-order valence-corrected chi connectivity index (χ3v) is 5.88. The second-order valence-corrected chi connectivity index (χ2v) is 8.40. The number of carbonyl (C=O) groups excluding carboxylic acids is 2. The number of carboxylic acids is 1. The maximum Gasteiger partial charge on any atom is 0.421 e. The summed E-state index contributed by atoms with van der Waals surface area (Å²) in [7, 11) is 1.09. The Kier molecular flexibility index (Phi) is 7.98. The highest BCUT2D eigenvalue weighted by molar-refractivity contribution is 6.05. The highest BCUT2D eigenvalue weighted by Gasteiger charge is 2.36. The van der Waals surface area contributed by atoms with Crippen LogP contribution in [0.5, 0.6) is 11.6 Å². The number of esters is 1. The fraction of sp³-hybridized carbons (Fsp3) is 0.417. The van der Waals surface area contributed by atoms with E-state index in [1.165, 1.54) is 12.1 Å². The van der Waals surface area contributed by atoms with Crippen LogP contribution in [0.3, 0.4) is 0 Å². The van der Waals surface area contributed by atoms with Gasteiger partial charge in [0, 0.05) is 12.1 Å². The van der Waals surface area contributed by atoms with Crippen molar-refractivity contribution in [3.05, 3.63) is 47.7 Å². The van der Waals surface area contributed by atoms with Gasteiger partial charge in [0.05, 0.1) is 18.4 Å². The van der Waals surface area contributed by atoms with Gasteiger partial charge in [0.25, 0.3) is 0 Å². The Morgan fingerprint density at radius 3 is 2.43 bits per heavy atom. The predicted octanol–water partition coefficient (Wildman–Crippen LogP) is 4.92. The summed E-state index contributed by atoms with van der Waals surface area (Å²) in [5.74, 6) is -3.49. The van der Waals surface area contributed by atoms with E-state index >= 15 is 0 Å². The number of benzene rings is 1. The summed E-state index contributed by atoms with van der Waals surface area (Å²) in [5.41, 5.74) is -1.38. The molecular weight excluding hydrogens is 469 g/mol. The van der Waals surface area contributed by atoms with Crippen LogP contribution in [0.15, 0.2) is 36.5 Å². The largest absolute Gasteiger partial charge is 0.480 e. The van der Waals surface area contributed by atoms with Crippen LogP contribution in [0.25, 0.3) is 0 Å². The monoisotopic (exact) mass is 494 g/mol. The molecule has 1 fully saturated rings. The molecule has 35 heavy (non-hydrogen) atoms. The van der Waals surface area contributed by atoms with Crippen molar-refractivity contribution in [2.75, 3.05) is 18.6 Å². The lowest BCUT2D eigenvalue weighted by Crippen LogP contribution is -2.41.